The van der Waals surface area contributed by atoms with Crippen molar-refractivity contribution in [3.8, 4) is 0 Å². The summed E-state index contributed by atoms with van der Waals surface area (Å²) in [7, 11) is 1.15. The lowest BCUT2D eigenvalue weighted by Crippen LogP contribution is -2.17. The Bertz CT molecular complexity index is 402. The summed E-state index contributed by atoms with van der Waals surface area (Å²) in [5.41, 5.74) is 0.513. The molecule has 15 heavy (non-hydrogen) atoms. The van der Waals surface area contributed by atoms with Crippen LogP contribution in [0.15, 0.2) is 18.2 Å². The van der Waals surface area contributed by atoms with Crippen LogP contribution >= 0.6 is 23.2 Å². The van der Waals surface area contributed by atoms with Gasteiger partial charge in [-0.25, -0.2) is 4.79 Å². The van der Waals surface area contributed by atoms with Crippen LogP contribution < -0.4 is 0 Å². The number of carbonyl (C=O) groups is 2. The molecule has 0 spiro atoms. The summed E-state index contributed by atoms with van der Waals surface area (Å²) >= 11 is 11.6. The number of hydrogen-bond donors (Lipinski definition) is 0. The highest BCUT2D eigenvalue weighted by molar-refractivity contribution is 6.43. The molecule has 0 saturated heterocycles. The summed E-state index contributed by atoms with van der Waals surface area (Å²) in [5, 5.41) is 0.642. The van der Waals surface area contributed by atoms with E-state index in [2.05, 4.69) is 4.74 Å². The van der Waals surface area contributed by atoms with Gasteiger partial charge in [0.1, 0.15) is 0 Å². The molecule has 0 aliphatic rings. The zero-order valence-electron chi connectivity index (χ0n) is 7.92. The summed E-state index contributed by atoms with van der Waals surface area (Å²) in [4.78, 5) is 22.1. The monoisotopic (exact) mass is 246 g/mol. The summed E-state index contributed by atoms with van der Waals surface area (Å²) in [6, 6.07) is 4.90. The smallest absolute Gasteiger partial charge is 0.374 e. The Morgan fingerprint density at radius 1 is 1.33 bits per heavy atom. The van der Waals surface area contributed by atoms with Crippen molar-refractivity contribution >= 4 is 35.0 Å². The van der Waals surface area contributed by atoms with Gasteiger partial charge in [0.25, 0.3) is 0 Å². The quantitative estimate of drug-likeness (QED) is 0.607. The van der Waals surface area contributed by atoms with E-state index in [1.165, 1.54) is 0 Å². The Balaban J connectivity index is 2.86. The summed E-state index contributed by atoms with van der Waals surface area (Å²) < 4.78 is 4.29. The van der Waals surface area contributed by atoms with E-state index >= 15 is 0 Å². The van der Waals surface area contributed by atoms with Crippen LogP contribution in [0.25, 0.3) is 0 Å². The number of methoxy groups -OCH3 is 1. The van der Waals surface area contributed by atoms with E-state index in [9.17, 15) is 9.59 Å². The van der Waals surface area contributed by atoms with Crippen molar-refractivity contribution in [2.75, 3.05) is 7.11 Å². The average molecular weight is 247 g/mol. The lowest BCUT2D eigenvalue weighted by Gasteiger charge is -2.03. The highest BCUT2D eigenvalue weighted by Gasteiger charge is 2.16. The van der Waals surface area contributed by atoms with Crippen LogP contribution in [-0.2, 0) is 20.7 Å². The molecule has 0 amide bonds. The molecular formula is C10H8Cl2O3. The molecule has 5 heteroatoms. The number of ether oxygens (including phenoxy) is 1. The number of benzene rings is 1. The van der Waals surface area contributed by atoms with Gasteiger partial charge in [-0.1, -0.05) is 35.3 Å². The van der Waals surface area contributed by atoms with Gasteiger partial charge in [-0.15, -0.1) is 0 Å². The normalized spacial score (nSPS) is 9.80. The van der Waals surface area contributed by atoms with Gasteiger partial charge >= 0.3 is 5.97 Å². The van der Waals surface area contributed by atoms with Crippen molar-refractivity contribution in [1.29, 1.82) is 0 Å². The number of esters is 1. The molecule has 1 rings (SSSR count). The molecule has 80 valence electrons. The number of rotatable bonds is 3. The van der Waals surface area contributed by atoms with Crippen LogP contribution in [0, 0.1) is 0 Å². The third kappa shape index (κ3) is 2.94. The molecular weight excluding hydrogens is 239 g/mol. The van der Waals surface area contributed by atoms with E-state index < -0.39 is 11.8 Å². The number of halogens is 2. The lowest BCUT2D eigenvalue weighted by molar-refractivity contribution is -0.151. The molecule has 0 atom stereocenters. The zero-order chi connectivity index (χ0) is 11.4. The maximum Gasteiger partial charge on any atom is 0.374 e. The number of Topliss-reactive ketones (excluding diaryl/α,β-unsaturated/α-hetero) is 1. The van der Waals surface area contributed by atoms with Crippen LogP contribution in [-0.4, -0.2) is 18.9 Å². The second-order valence-corrected chi connectivity index (χ2v) is 3.59. The Hall–Kier alpha value is -1.06. The van der Waals surface area contributed by atoms with Gasteiger partial charge in [0, 0.05) is 6.42 Å². The van der Waals surface area contributed by atoms with E-state index in [4.69, 9.17) is 23.2 Å². The molecule has 0 bridgehead atoms. The SMILES string of the molecule is COC(=O)C(=O)Cc1cccc(Cl)c1Cl. The van der Waals surface area contributed by atoms with E-state index in [-0.39, 0.29) is 11.4 Å². The van der Waals surface area contributed by atoms with Gasteiger partial charge in [-0.3, -0.25) is 4.79 Å². The fraction of sp³-hybridized carbons (Fsp3) is 0.200. The Morgan fingerprint density at radius 3 is 2.60 bits per heavy atom. The van der Waals surface area contributed by atoms with Gasteiger partial charge in [-0.05, 0) is 11.6 Å². The van der Waals surface area contributed by atoms with Crippen molar-refractivity contribution in [1.82, 2.24) is 0 Å². The van der Waals surface area contributed by atoms with Crippen molar-refractivity contribution in [3.05, 3.63) is 33.8 Å². The minimum atomic E-state index is -0.883. The number of carbonyl (C=O) groups excluding carboxylic acids is 2. The van der Waals surface area contributed by atoms with Crippen molar-refractivity contribution < 1.29 is 14.3 Å². The van der Waals surface area contributed by atoms with Crippen molar-refractivity contribution in [2.24, 2.45) is 0 Å². The van der Waals surface area contributed by atoms with Gasteiger partial charge in [0.15, 0.2) is 0 Å². The molecule has 0 aliphatic heterocycles. The topological polar surface area (TPSA) is 43.4 Å². The summed E-state index contributed by atoms with van der Waals surface area (Å²) in [5.74, 6) is -1.53. The highest BCUT2D eigenvalue weighted by Crippen LogP contribution is 2.25. The second-order valence-electron chi connectivity index (χ2n) is 2.80. The first-order chi connectivity index (χ1) is 7.06. The van der Waals surface area contributed by atoms with Crippen LogP contribution in [0.3, 0.4) is 0 Å². The van der Waals surface area contributed by atoms with Crippen LogP contribution in [0.4, 0.5) is 0 Å². The minimum absolute atomic E-state index is 0.105. The Morgan fingerprint density at radius 2 is 2.00 bits per heavy atom. The molecule has 0 heterocycles. The third-order valence-electron chi connectivity index (χ3n) is 1.80. The minimum Gasteiger partial charge on any atom is -0.463 e. The molecule has 3 nitrogen and oxygen atoms in total. The standard InChI is InChI=1S/C10H8Cl2O3/c1-15-10(14)8(13)5-6-3-2-4-7(11)9(6)12/h2-4H,5H2,1H3. The highest BCUT2D eigenvalue weighted by atomic mass is 35.5. The molecule has 0 radical (unpaired) electrons. The molecule has 0 N–H and O–H groups in total. The summed E-state index contributed by atoms with van der Waals surface area (Å²) in [6.45, 7) is 0. The lowest BCUT2D eigenvalue weighted by atomic mass is 10.1. The predicted octanol–water partition coefficient (Wildman–Crippen LogP) is 2.28. The van der Waals surface area contributed by atoms with E-state index in [0.717, 1.165) is 7.11 Å². The van der Waals surface area contributed by atoms with Gasteiger partial charge in [0.2, 0.25) is 5.78 Å². The van der Waals surface area contributed by atoms with Gasteiger partial charge in [-0.2, -0.15) is 0 Å². The predicted molar refractivity (Wildman–Crippen MR) is 57.2 cm³/mol. The first kappa shape index (κ1) is 12.0. The van der Waals surface area contributed by atoms with E-state index in [1.807, 2.05) is 0 Å². The van der Waals surface area contributed by atoms with Gasteiger partial charge < -0.3 is 4.74 Å². The maximum atomic E-state index is 11.2. The Labute approximate surface area is 96.9 Å². The molecule has 0 saturated carbocycles. The molecule has 0 aromatic heterocycles. The first-order valence-corrected chi connectivity index (χ1v) is 4.86. The largest absolute Gasteiger partial charge is 0.463 e. The van der Waals surface area contributed by atoms with E-state index in [0.29, 0.717) is 10.6 Å². The van der Waals surface area contributed by atoms with Crippen molar-refractivity contribution in [3.63, 3.8) is 0 Å². The van der Waals surface area contributed by atoms with Gasteiger partial charge in [0.05, 0.1) is 17.2 Å². The fourth-order valence-electron chi connectivity index (χ4n) is 1.04. The molecule has 0 aliphatic carbocycles. The first-order valence-electron chi connectivity index (χ1n) is 4.10. The zero-order valence-corrected chi connectivity index (χ0v) is 9.43. The molecule has 0 fully saturated rings. The fourth-order valence-corrected chi connectivity index (χ4v) is 1.43. The number of hydrogen-bond acceptors (Lipinski definition) is 3. The van der Waals surface area contributed by atoms with Crippen LogP contribution in [0.1, 0.15) is 5.56 Å². The summed E-state index contributed by atoms with van der Waals surface area (Å²) in [6.07, 6.45) is -0.105. The molecule has 1 aromatic carbocycles. The van der Waals surface area contributed by atoms with Crippen LogP contribution in [0.5, 0.6) is 0 Å². The number of ketones is 1. The Kier molecular flexibility index (Phi) is 4.12. The second kappa shape index (κ2) is 5.14. The van der Waals surface area contributed by atoms with Crippen molar-refractivity contribution in [2.45, 2.75) is 6.42 Å². The van der Waals surface area contributed by atoms with E-state index in [1.54, 1.807) is 18.2 Å². The van der Waals surface area contributed by atoms with Crippen LogP contribution in [0.2, 0.25) is 10.0 Å². The molecule has 0 unspecified atom stereocenters. The maximum absolute atomic E-state index is 11.2. The average Bonchev–Trinajstić information content (AvgIpc) is 2.23. The third-order valence-corrected chi connectivity index (χ3v) is 2.65. The molecule has 1 aromatic rings.